The second-order valence-corrected chi connectivity index (χ2v) is 5.33. The van der Waals surface area contributed by atoms with Gasteiger partial charge in [-0.2, -0.15) is 0 Å². The van der Waals surface area contributed by atoms with Crippen molar-refractivity contribution in [3.63, 3.8) is 0 Å². The van der Waals surface area contributed by atoms with E-state index >= 15 is 0 Å². The van der Waals surface area contributed by atoms with E-state index in [2.05, 4.69) is 12.2 Å². The van der Waals surface area contributed by atoms with Gasteiger partial charge in [0.25, 0.3) is 5.91 Å². The third kappa shape index (κ3) is 7.74. The maximum atomic E-state index is 11.9. The van der Waals surface area contributed by atoms with Gasteiger partial charge in [-0.1, -0.05) is 45.4 Å². The lowest BCUT2D eigenvalue weighted by atomic mass is 10.1. The Kier molecular flexibility index (Phi) is 9.34. The van der Waals surface area contributed by atoms with E-state index in [1.165, 1.54) is 38.5 Å². The van der Waals surface area contributed by atoms with Gasteiger partial charge in [-0.05, 0) is 37.6 Å². The molecule has 0 saturated carbocycles. The third-order valence-electron chi connectivity index (χ3n) is 3.49. The van der Waals surface area contributed by atoms with Crippen LogP contribution >= 0.6 is 0 Å². The Hall–Kier alpha value is -1.51. The number of carbonyl (C=O) groups is 1. The summed E-state index contributed by atoms with van der Waals surface area (Å²) in [6.07, 6.45) is 8.84. The molecular weight excluding hydrogens is 262 g/mol. The molecule has 0 unspecified atom stereocenters. The van der Waals surface area contributed by atoms with E-state index in [1.807, 2.05) is 31.2 Å². The van der Waals surface area contributed by atoms with Crippen LogP contribution in [0.5, 0.6) is 5.75 Å². The molecule has 3 heteroatoms. The molecule has 1 aromatic rings. The molecule has 3 nitrogen and oxygen atoms in total. The molecule has 0 aliphatic heterocycles. The minimum Gasteiger partial charge on any atom is -0.494 e. The van der Waals surface area contributed by atoms with E-state index < -0.39 is 0 Å². The topological polar surface area (TPSA) is 38.3 Å². The number of rotatable bonds is 11. The second kappa shape index (κ2) is 11.2. The fraction of sp³-hybridized carbons (Fsp3) is 0.611. The molecule has 1 rings (SSSR count). The first-order valence-corrected chi connectivity index (χ1v) is 8.29. The number of carbonyl (C=O) groups excluding carboxylic acids is 1. The van der Waals surface area contributed by atoms with Crippen molar-refractivity contribution in [2.75, 3.05) is 13.2 Å². The van der Waals surface area contributed by atoms with Gasteiger partial charge in [0, 0.05) is 12.1 Å². The summed E-state index contributed by atoms with van der Waals surface area (Å²) >= 11 is 0. The molecule has 0 aliphatic carbocycles. The molecule has 1 N–H and O–H groups in total. The van der Waals surface area contributed by atoms with Crippen molar-refractivity contribution in [1.82, 2.24) is 5.32 Å². The Labute approximate surface area is 129 Å². The van der Waals surface area contributed by atoms with Crippen LogP contribution in [0, 0.1) is 0 Å². The lowest BCUT2D eigenvalue weighted by Gasteiger charge is -2.07. The SMILES string of the molecule is CCCCCCCCCNC(=O)c1ccc(OCC)cc1. The van der Waals surface area contributed by atoms with Gasteiger partial charge in [0.15, 0.2) is 0 Å². The van der Waals surface area contributed by atoms with Crippen LogP contribution in [0.2, 0.25) is 0 Å². The molecule has 0 bridgehead atoms. The monoisotopic (exact) mass is 291 g/mol. The Balaban J connectivity index is 2.13. The van der Waals surface area contributed by atoms with Crippen molar-refractivity contribution in [1.29, 1.82) is 0 Å². The Morgan fingerprint density at radius 1 is 0.952 bits per heavy atom. The highest BCUT2D eigenvalue weighted by Gasteiger charge is 2.04. The van der Waals surface area contributed by atoms with Crippen LogP contribution < -0.4 is 10.1 Å². The van der Waals surface area contributed by atoms with Gasteiger partial charge in [0.2, 0.25) is 0 Å². The van der Waals surface area contributed by atoms with E-state index in [0.717, 1.165) is 18.7 Å². The van der Waals surface area contributed by atoms with Crippen LogP contribution in [0.4, 0.5) is 0 Å². The van der Waals surface area contributed by atoms with Gasteiger partial charge >= 0.3 is 0 Å². The maximum absolute atomic E-state index is 11.9. The number of hydrogen-bond donors (Lipinski definition) is 1. The van der Waals surface area contributed by atoms with Crippen molar-refractivity contribution >= 4 is 5.91 Å². The summed E-state index contributed by atoms with van der Waals surface area (Å²) in [7, 11) is 0. The summed E-state index contributed by atoms with van der Waals surface area (Å²) in [5, 5.41) is 2.97. The van der Waals surface area contributed by atoms with Crippen LogP contribution in [0.3, 0.4) is 0 Å². The van der Waals surface area contributed by atoms with Gasteiger partial charge in [0.05, 0.1) is 6.61 Å². The zero-order chi connectivity index (χ0) is 15.3. The standard InChI is InChI=1S/C18H29NO2/c1-3-5-6-7-8-9-10-15-19-18(20)16-11-13-17(14-12-16)21-4-2/h11-14H,3-10,15H2,1-2H3,(H,19,20). The zero-order valence-corrected chi connectivity index (χ0v) is 13.5. The Morgan fingerprint density at radius 2 is 1.57 bits per heavy atom. The van der Waals surface area contributed by atoms with E-state index in [-0.39, 0.29) is 5.91 Å². The predicted molar refractivity (Wildman–Crippen MR) is 87.9 cm³/mol. The van der Waals surface area contributed by atoms with E-state index in [1.54, 1.807) is 0 Å². The normalized spacial score (nSPS) is 10.4. The molecule has 0 atom stereocenters. The molecule has 0 fully saturated rings. The predicted octanol–water partition coefficient (Wildman–Crippen LogP) is 4.57. The Bertz CT molecular complexity index is 387. The third-order valence-corrected chi connectivity index (χ3v) is 3.49. The van der Waals surface area contributed by atoms with Crippen LogP contribution in [-0.2, 0) is 0 Å². The molecule has 1 aromatic carbocycles. The molecule has 0 radical (unpaired) electrons. The van der Waals surface area contributed by atoms with Crippen LogP contribution in [0.25, 0.3) is 0 Å². The number of nitrogens with one attached hydrogen (secondary N) is 1. The zero-order valence-electron chi connectivity index (χ0n) is 13.5. The largest absolute Gasteiger partial charge is 0.494 e. The van der Waals surface area contributed by atoms with Crippen molar-refractivity contribution in [2.45, 2.75) is 58.8 Å². The minimum absolute atomic E-state index is 0.00373. The highest BCUT2D eigenvalue weighted by Crippen LogP contribution is 2.12. The quantitative estimate of drug-likeness (QED) is 0.607. The van der Waals surface area contributed by atoms with Crippen LogP contribution in [0.15, 0.2) is 24.3 Å². The van der Waals surface area contributed by atoms with E-state index in [0.29, 0.717) is 12.2 Å². The van der Waals surface area contributed by atoms with Gasteiger partial charge < -0.3 is 10.1 Å². The second-order valence-electron chi connectivity index (χ2n) is 5.33. The number of unbranched alkanes of at least 4 members (excludes halogenated alkanes) is 6. The first-order chi connectivity index (χ1) is 10.3. The molecule has 0 aliphatic rings. The molecule has 0 saturated heterocycles. The van der Waals surface area contributed by atoms with Crippen molar-refractivity contribution in [3.8, 4) is 5.75 Å². The van der Waals surface area contributed by atoms with Crippen LogP contribution in [-0.4, -0.2) is 19.1 Å². The average Bonchev–Trinajstić information content (AvgIpc) is 2.51. The lowest BCUT2D eigenvalue weighted by molar-refractivity contribution is 0.0953. The molecule has 21 heavy (non-hydrogen) atoms. The molecule has 0 heterocycles. The van der Waals surface area contributed by atoms with E-state index in [9.17, 15) is 4.79 Å². The first kappa shape index (κ1) is 17.5. The summed E-state index contributed by atoms with van der Waals surface area (Å²) in [6.45, 7) is 5.59. The summed E-state index contributed by atoms with van der Waals surface area (Å²) < 4.78 is 5.36. The van der Waals surface area contributed by atoms with Gasteiger partial charge in [0.1, 0.15) is 5.75 Å². The summed E-state index contributed by atoms with van der Waals surface area (Å²) in [6, 6.07) is 7.30. The van der Waals surface area contributed by atoms with Crippen LogP contribution in [0.1, 0.15) is 69.2 Å². The maximum Gasteiger partial charge on any atom is 0.251 e. The molecule has 0 aromatic heterocycles. The molecule has 1 amide bonds. The van der Waals surface area contributed by atoms with Crippen molar-refractivity contribution in [2.24, 2.45) is 0 Å². The highest BCUT2D eigenvalue weighted by atomic mass is 16.5. The molecule has 118 valence electrons. The van der Waals surface area contributed by atoms with Crippen molar-refractivity contribution < 1.29 is 9.53 Å². The number of hydrogen-bond acceptors (Lipinski definition) is 2. The van der Waals surface area contributed by atoms with Gasteiger partial charge in [-0.3, -0.25) is 4.79 Å². The summed E-state index contributed by atoms with van der Waals surface area (Å²) in [5.74, 6) is 0.810. The number of ether oxygens (including phenoxy) is 1. The molecule has 0 spiro atoms. The lowest BCUT2D eigenvalue weighted by Crippen LogP contribution is -2.24. The number of benzene rings is 1. The van der Waals surface area contributed by atoms with Crippen molar-refractivity contribution in [3.05, 3.63) is 29.8 Å². The summed E-state index contributed by atoms with van der Waals surface area (Å²) in [4.78, 5) is 11.9. The number of amides is 1. The van der Waals surface area contributed by atoms with E-state index in [4.69, 9.17) is 4.74 Å². The highest BCUT2D eigenvalue weighted by molar-refractivity contribution is 5.94. The first-order valence-electron chi connectivity index (χ1n) is 8.29. The fourth-order valence-electron chi connectivity index (χ4n) is 2.26. The van der Waals surface area contributed by atoms with Gasteiger partial charge in [-0.25, -0.2) is 0 Å². The molecular formula is C18H29NO2. The minimum atomic E-state index is 0.00373. The Morgan fingerprint density at radius 3 is 2.19 bits per heavy atom. The van der Waals surface area contributed by atoms with Gasteiger partial charge in [-0.15, -0.1) is 0 Å². The smallest absolute Gasteiger partial charge is 0.251 e. The average molecular weight is 291 g/mol. The fourth-order valence-corrected chi connectivity index (χ4v) is 2.26. The summed E-state index contributed by atoms with van der Waals surface area (Å²) in [5.41, 5.74) is 0.696.